The van der Waals surface area contributed by atoms with Crippen molar-refractivity contribution in [2.75, 3.05) is 27.2 Å². The zero-order valence-electron chi connectivity index (χ0n) is 17.8. The number of nitrogens with one attached hydrogen (secondary N) is 1. The summed E-state index contributed by atoms with van der Waals surface area (Å²) in [5.41, 5.74) is 1.37. The van der Waals surface area contributed by atoms with Gasteiger partial charge in [0.1, 0.15) is 5.56 Å². The molecule has 8 nitrogen and oxygen atoms in total. The number of aryl methyl sites for hydroxylation is 1. The number of nitrogens with zero attached hydrogens (tertiary/aromatic N) is 4. The van der Waals surface area contributed by atoms with Crippen LogP contribution >= 0.6 is 0 Å². The van der Waals surface area contributed by atoms with Crippen LogP contribution in [0.1, 0.15) is 34.7 Å². The molecule has 2 aromatic heterocycles. The summed E-state index contributed by atoms with van der Waals surface area (Å²) < 4.78 is 6.88. The number of pyridine rings is 1. The molecule has 8 heteroatoms. The molecule has 3 rings (SSSR count). The molecule has 1 aromatic carbocycles. The topological polar surface area (TPSA) is 93.3 Å². The molecule has 2 heterocycles. The van der Waals surface area contributed by atoms with Crippen molar-refractivity contribution in [3.05, 3.63) is 69.9 Å². The van der Waals surface area contributed by atoms with E-state index in [2.05, 4.69) is 15.5 Å². The Kier molecular flexibility index (Phi) is 6.79. The van der Waals surface area contributed by atoms with E-state index in [1.165, 1.54) is 0 Å². The van der Waals surface area contributed by atoms with E-state index in [1.807, 2.05) is 56.3 Å². The molecule has 158 valence electrons. The number of rotatable bonds is 8. The van der Waals surface area contributed by atoms with Crippen LogP contribution in [0.5, 0.6) is 0 Å². The van der Waals surface area contributed by atoms with Crippen LogP contribution in [-0.2, 0) is 6.42 Å². The third-order valence-electron chi connectivity index (χ3n) is 4.78. The van der Waals surface area contributed by atoms with Crippen molar-refractivity contribution in [2.45, 2.75) is 26.3 Å². The van der Waals surface area contributed by atoms with Gasteiger partial charge >= 0.3 is 0 Å². The van der Waals surface area contributed by atoms with E-state index in [1.54, 1.807) is 23.8 Å². The molecule has 1 amide bonds. The summed E-state index contributed by atoms with van der Waals surface area (Å²) in [5.74, 6) is 0.542. The van der Waals surface area contributed by atoms with Crippen LogP contribution in [0.2, 0.25) is 0 Å². The molecule has 0 radical (unpaired) electrons. The number of amides is 1. The molecule has 0 aliphatic carbocycles. The van der Waals surface area contributed by atoms with Crippen LogP contribution in [0.4, 0.5) is 0 Å². The smallest absolute Gasteiger partial charge is 0.263 e. The molecule has 30 heavy (non-hydrogen) atoms. The second kappa shape index (κ2) is 9.49. The third-order valence-corrected chi connectivity index (χ3v) is 4.78. The first-order chi connectivity index (χ1) is 14.4. The standard InChI is InChI=1S/C22H27N5O3/c1-15-11-13-27(16(2)14-26(3)4)22(29)19(15)20(28)23-12-10-18-24-21(30-25-18)17-8-6-5-7-9-17/h5-9,11,13,16H,10,12,14H2,1-4H3,(H,23,28). The molecule has 0 aliphatic heterocycles. The predicted octanol–water partition coefficient (Wildman–Crippen LogP) is 2.30. The molecule has 3 aromatic rings. The summed E-state index contributed by atoms with van der Waals surface area (Å²) in [6.45, 7) is 4.72. The minimum atomic E-state index is -0.393. The molecule has 0 spiro atoms. The first-order valence-electron chi connectivity index (χ1n) is 9.89. The van der Waals surface area contributed by atoms with Crippen LogP contribution in [0, 0.1) is 6.92 Å². The van der Waals surface area contributed by atoms with E-state index in [4.69, 9.17) is 4.52 Å². The Bertz CT molecular complexity index is 1060. The quantitative estimate of drug-likeness (QED) is 0.614. The summed E-state index contributed by atoms with van der Waals surface area (Å²) in [4.78, 5) is 31.9. The van der Waals surface area contributed by atoms with Crippen molar-refractivity contribution in [3.8, 4) is 11.5 Å². The van der Waals surface area contributed by atoms with E-state index in [9.17, 15) is 9.59 Å². The summed E-state index contributed by atoms with van der Waals surface area (Å²) in [5, 5.41) is 6.75. The number of carbonyl (C=O) groups is 1. The highest BCUT2D eigenvalue weighted by molar-refractivity contribution is 5.95. The summed E-state index contributed by atoms with van der Waals surface area (Å²) in [6, 6.07) is 11.2. The number of aromatic nitrogens is 3. The molecule has 1 N–H and O–H groups in total. The van der Waals surface area contributed by atoms with Gasteiger partial charge in [0.25, 0.3) is 17.4 Å². The van der Waals surface area contributed by atoms with E-state index in [-0.39, 0.29) is 17.2 Å². The molecule has 0 fully saturated rings. The molecule has 0 bridgehead atoms. The van der Waals surface area contributed by atoms with Gasteiger partial charge in [0.2, 0.25) is 0 Å². The molecule has 0 saturated carbocycles. The Morgan fingerprint density at radius 2 is 1.97 bits per heavy atom. The molecular formula is C22H27N5O3. The van der Waals surface area contributed by atoms with Crippen molar-refractivity contribution in [2.24, 2.45) is 0 Å². The fourth-order valence-corrected chi connectivity index (χ4v) is 3.31. The monoisotopic (exact) mass is 409 g/mol. The fourth-order valence-electron chi connectivity index (χ4n) is 3.31. The lowest BCUT2D eigenvalue weighted by atomic mass is 10.1. The molecule has 0 saturated heterocycles. The van der Waals surface area contributed by atoms with Crippen LogP contribution < -0.4 is 10.9 Å². The van der Waals surface area contributed by atoms with Gasteiger partial charge in [0.15, 0.2) is 5.82 Å². The van der Waals surface area contributed by atoms with Gasteiger partial charge in [-0.3, -0.25) is 9.59 Å². The highest BCUT2D eigenvalue weighted by atomic mass is 16.5. The summed E-state index contributed by atoms with van der Waals surface area (Å²) >= 11 is 0. The van der Waals surface area contributed by atoms with E-state index < -0.39 is 5.91 Å². The van der Waals surface area contributed by atoms with Gasteiger partial charge in [-0.25, -0.2) is 0 Å². The fraction of sp³-hybridized carbons (Fsp3) is 0.364. The zero-order valence-corrected chi connectivity index (χ0v) is 17.8. The van der Waals surface area contributed by atoms with Crippen LogP contribution in [0.3, 0.4) is 0 Å². The lowest BCUT2D eigenvalue weighted by Crippen LogP contribution is -2.37. The van der Waals surface area contributed by atoms with Crippen LogP contribution in [0.25, 0.3) is 11.5 Å². The Morgan fingerprint density at radius 3 is 2.67 bits per heavy atom. The van der Waals surface area contributed by atoms with Gasteiger partial charge < -0.3 is 19.3 Å². The average molecular weight is 409 g/mol. The molecule has 0 aliphatic rings. The van der Waals surface area contributed by atoms with Gasteiger partial charge in [-0.15, -0.1) is 0 Å². The SMILES string of the molecule is Cc1ccn(C(C)CN(C)C)c(=O)c1C(=O)NCCc1noc(-c2ccccc2)n1. The van der Waals surface area contributed by atoms with Gasteiger partial charge in [-0.05, 0) is 51.7 Å². The molecule has 1 unspecified atom stereocenters. The first kappa shape index (κ1) is 21.4. The van der Waals surface area contributed by atoms with Crippen molar-refractivity contribution in [1.29, 1.82) is 0 Å². The average Bonchev–Trinajstić information content (AvgIpc) is 3.17. The highest BCUT2D eigenvalue weighted by Gasteiger charge is 2.18. The van der Waals surface area contributed by atoms with Gasteiger partial charge in [0, 0.05) is 37.3 Å². The third kappa shape index (κ3) is 5.01. The Balaban J connectivity index is 1.65. The number of benzene rings is 1. The van der Waals surface area contributed by atoms with E-state index in [0.717, 1.165) is 5.56 Å². The van der Waals surface area contributed by atoms with E-state index in [0.29, 0.717) is 36.8 Å². The van der Waals surface area contributed by atoms with Gasteiger partial charge in [0.05, 0.1) is 0 Å². The Morgan fingerprint density at radius 1 is 1.23 bits per heavy atom. The van der Waals surface area contributed by atoms with Crippen molar-refractivity contribution in [1.82, 2.24) is 24.9 Å². The number of hydrogen-bond donors (Lipinski definition) is 1. The van der Waals surface area contributed by atoms with Crippen LogP contribution in [0.15, 0.2) is 51.9 Å². The summed E-state index contributed by atoms with van der Waals surface area (Å²) in [7, 11) is 3.90. The zero-order chi connectivity index (χ0) is 21.7. The maximum absolute atomic E-state index is 12.9. The minimum absolute atomic E-state index is 0.0459. The molecule has 1 atom stereocenters. The maximum Gasteiger partial charge on any atom is 0.263 e. The van der Waals surface area contributed by atoms with Crippen molar-refractivity contribution < 1.29 is 9.32 Å². The predicted molar refractivity (Wildman–Crippen MR) is 114 cm³/mol. The van der Waals surface area contributed by atoms with Gasteiger partial charge in [-0.2, -0.15) is 4.98 Å². The number of hydrogen-bond acceptors (Lipinski definition) is 6. The van der Waals surface area contributed by atoms with Gasteiger partial charge in [-0.1, -0.05) is 23.4 Å². The summed E-state index contributed by atoms with van der Waals surface area (Å²) in [6.07, 6.45) is 2.15. The highest BCUT2D eigenvalue weighted by Crippen LogP contribution is 2.16. The number of likely N-dealkylation sites (N-methyl/N-ethyl adjacent to an activating group) is 1. The van der Waals surface area contributed by atoms with Crippen LogP contribution in [-0.4, -0.2) is 52.7 Å². The minimum Gasteiger partial charge on any atom is -0.351 e. The Hall–Kier alpha value is -3.26. The maximum atomic E-state index is 12.9. The Labute approximate surface area is 175 Å². The lowest BCUT2D eigenvalue weighted by molar-refractivity contribution is 0.0951. The molecular weight excluding hydrogens is 382 g/mol. The number of carbonyl (C=O) groups excluding carboxylic acids is 1. The first-order valence-corrected chi connectivity index (χ1v) is 9.89. The second-order valence-electron chi connectivity index (χ2n) is 7.59. The van der Waals surface area contributed by atoms with E-state index >= 15 is 0 Å². The second-order valence-corrected chi connectivity index (χ2v) is 7.59. The lowest BCUT2D eigenvalue weighted by Gasteiger charge is -2.20. The normalized spacial score (nSPS) is 12.2. The largest absolute Gasteiger partial charge is 0.351 e. The van der Waals surface area contributed by atoms with Crippen molar-refractivity contribution >= 4 is 5.91 Å². The van der Waals surface area contributed by atoms with Crippen molar-refractivity contribution in [3.63, 3.8) is 0 Å².